The summed E-state index contributed by atoms with van der Waals surface area (Å²) in [5, 5.41) is 2.77. The second kappa shape index (κ2) is 14.3. The Balaban J connectivity index is 0.000000228. The van der Waals surface area contributed by atoms with Crippen molar-refractivity contribution < 1.29 is 4.74 Å². The van der Waals surface area contributed by atoms with Crippen molar-refractivity contribution in [3.05, 3.63) is 82.1 Å². The molecule has 1 heterocycles. The van der Waals surface area contributed by atoms with Crippen LogP contribution in [0.15, 0.2) is 77.1 Å². The van der Waals surface area contributed by atoms with Gasteiger partial charge in [-0.25, -0.2) is 0 Å². The third-order valence-electron chi connectivity index (χ3n) is 5.40. The van der Waals surface area contributed by atoms with E-state index in [4.69, 9.17) is 16.3 Å². The lowest BCUT2D eigenvalue weighted by molar-refractivity contribution is 0.264. The minimum atomic E-state index is 0.757. The molecule has 0 fully saturated rings. The van der Waals surface area contributed by atoms with Crippen molar-refractivity contribution in [3.63, 3.8) is 0 Å². The lowest BCUT2D eigenvalue weighted by Crippen LogP contribution is -2.36. The van der Waals surface area contributed by atoms with Crippen molar-refractivity contribution in [1.29, 1.82) is 0 Å². The fraction of sp³-hybridized carbons (Fsp3) is 0.407. The summed E-state index contributed by atoms with van der Waals surface area (Å²) in [5.74, 6) is 1.73. The van der Waals surface area contributed by atoms with Crippen LogP contribution in [-0.2, 0) is 0 Å². The van der Waals surface area contributed by atoms with Gasteiger partial charge in [-0.1, -0.05) is 82.8 Å². The number of hydrogen-bond acceptors (Lipinski definition) is 3. The van der Waals surface area contributed by atoms with Gasteiger partial charge in [0.2, 0.25) is 0 Å². The molecule has 3 nitrogen and oxygen atoms in total. The van der Waals surface area contributed by atoms with Crippen LogP contribution >= 0.6 is 27.5 Å². The van der Waals surface area contributed by atoms with E-state index in [1.54, 1.807) is 0 Å². The zero-order chi connectivity index (χ0) is 23.3. The molecule has 174 valence electrons. The molecule has 1 aliphatic rings. The smallest absolute Gasteiger partial charge is 0.119 e. The number of hydrazine groups is 1. The van der Waals surface area contributed by atoms with E-state index < -0.39 is 0 Å². The van der Waals surface area contributed by atoms with E-state index in [0.29, 0.717) is 0 Å². The summed E-state index contributed by atoms with van der Waals surface area (Å²) in [4.78, 5) is 0. The summed E-state index contributed by atoms with van der Waals surface area (Å²) in [5.41, 5.74) is 6.60. The molecule has 0 bridgehead atoms. The molecule has 0 radical (unpaired) electrons. The van der Waals surface area contributed by atoms with Gasteiger partial charge in [-0.3, -0.25) is 10.4 Å². The van der Waals surface area contributed by atoms with E-state index in [2.05, 4.69) is 48.7 Å². The van der Waals surface area contributed by atoms with Crippen molar-refractivity contribution in [2.75, 3.05) is 12.0 Å². The van der Waals surface area contributed by atoms with Gasteiger partial charge in [-0.2, -0.15) is 0 Å². The number of hydrogen-bond donors (Lipinski definition) is 1. The monoisotopic (exact) mass is 518 g/mol. The standard InChI is InChI=1S/C15H23ClO.C12H13BrN2/c1-3-5-13(6-4-2)11-12-17-15-9-7-14(16)8-10-15;1-3-11-12(13)9(2)15(11)14-10-7-5-4-6-8-10/h7-10,13H,3-6,11-12H2,1-2H3;4-8,14H,2-3H2,1H3. The van der Waals surface area contributed by atoms with E-state index in [-0.39, 0.29) is 0 Å². The normalized spacial score (nSPS) is 12.9. The first kappa shape index (κ1) is 26.3. The van der Waals surface area contributed by atoms with Crippen LogP contribution in [0.5, 0.6) is 5.75 Å². The van der Waals surface area contributed by atoms with Crippen LogP contribution in [0.3, 0.4) is 0 Å². The van der Waals surface area contributed by atoms with Crippen LogP contribution in [0.25, 0.3) is 0 Å². The molecule has 0 unspecified atom stereocenters. The quantitative estimate of drug-likeness (QED) is 0.320. The second-order valence-electron chi connectivity index (χ2n) is 7.91. The maximum Gasteiger partial charge on any atom is 0.119 e. The summed E-state index contributed by atoms with van der Waals surface area (Å²) < 4.78 is 6.84. The summed E-state index contributed by atoms with van der Waals surface area (Å²) in [7, 11) is 0. The number of anilines is 1. The Bertz CT molecular complexity index is 846. The topological polar surface area (TPSA) is 24.5 Å². The van der Waals surface area contributed by atoms with Crippen LogP contribution in [0.4, 0.5) is 5.69 Å². The van der Waals surface area contributed by atoms with Gasteiger partial charge in [0.25, 0.3) is 0 Å². The van der Waals surface area contributed by atoms with Gasteiger partial charge in [0, 0.05) is 5.02 Å². The zero-order valence-corrected chi connectivity index (χ0v) is 21.9. The summed E-state index contributed by atoms with van der Waals surface area (Å²) >= 11 is 9.33. The van der Waals surface area contributed by atoms with Gasteiger partial charge in [-0.05, 0) is 71.1 Å². The third kappa shape index (κ3) is 8.22. The van der Waals surface area contributed by atoms with Crippen molar-refractivity contribution in [3.8, 4) is 5.75 Å². The Morgan fingerprint density at radius 2 is 1.59 bits per heavy atom. The predicted octanol–water partition coefficient (Wildman–Crippen LogP) is 9.18. The minimum absolute atomic E-state index is 0.757. The molecular formula is C27H36BrClN2O. The molecule has 1 aliphatic heterocycles. The fourth-order valence-corrected chi connectivity index (χ4v) is 4.45. The number of nitrogens with one attached hydrogen (secondary N) is 1. The molecule has 2 aromatic carbocycles. The predicted molar refractivity (Wildman–Crippen MR) is 142 cm³/mol. The van der Waals surface area contributed by atoms with E-state index in [1.165, 1.54) is 31.4 Å². The van der Waals surface area contributed by atoms with Gasteiger partial charge in [0.05, 0.1) is 28.2 Å². The lowest BCUT2D eigenvalue weighted by atomic mass is 9.95. The highest BCUT2D eigenvalue weighted by molar-refractivity contribution is 9.12. The SMILES string of the molecule is C=C1C(Br)=C(CC)N1Nc1ccccc1.CCCC(CCC)CCOc1ccc(Cl)cc1. The maximum atomic E-state index is 5.82. The van der Waals surface area contributed by atoms with Crippen LogP contribution in [0.1, 0.15) is 59.3 Å². The molecule has 0 spiro atoms. The average molecular weight is 520 g/mol. The molecule has 3 rings (SSSR count). The fourth-order valence-electron chi connectivity index (χ4n) is 3.69. The highest BCUT2D eigenvalue weighted by Gasteiger charge is 2.27. The van der Waals surface area contributed by atoms with Gasteiger partial charge < -0.3 is 4.74 Å². The molecule has 0 saturated heterocycles. The molecule has 0 aliphatic carbocycles. The number of para-hydroxylation sites is 1. The van der Waals surface area contributed by atoms with Crippen LogP contribution in [0, 0.1) is 5.92 Å². The largest absolute Gasteiger partial charge is 0.494 e. The van der Waals surface area contributed by atoms with Crippen LogP contribution in [0.2, 0.25) is 5.02 Å². The third-order valence-corrected chi connectivity index (χ3v) is 6.57. The highest BCUT2D eigenvalue weighted by Crippen LogP contribution is 2.39. The van der Waals surface area contributed by atoms with E-state index >= 15 is 0 Å². The van der Waals surface area contributed by atoms with E-state index in [9.17, 15) is 0 Å². The number of rotatable bonds is 11. The van der Waals surface area contributed by atoms with Crippen molar-refractivity contribution in [2.45, 2.75) is 59.3 Å². The average Bonchev–Trinajstić information content (AvgIpc) is 2.81. The molecule has 0 aromatic heterocycles. The number of nitrogens with zero attached hydrogens (tertiary/aromatic N) is 1. The summed E-state index contributed by atoms with van der Waals surface area (Å²) in [6, 6.07) is 17.7. The first-order valence-corrected chi connectivity index (χ1v) is 12.7. The Morgan fingerprint density at radius 1 is 0.969 bits per heavy atom. The Kier molecular flexibility index (Phi) is 11.8. The first-order valence-electron chi connectivity index (χ1n) is 11.6. The van der Waals surface area contributed by atoms with Crippen molar-refractivity contribution in [1.82, 2.24) is 5.01 Å². The minimum Gasteiger partial charge on any atom is -0.494 e. The molecule has 1 N–H and O–H groups in total. The van der Waals surface area contributed by atoms with Gasteiger partial charge in [0.1, 0.15) is 5.75 Å². The lowest BCUT2D eigenvalue weighted by Gasteiger charge is -2.38. The maximum absolute atomic E-state index is 5.82. The number of allylic oxidation sites excluding steroid dienone is 2. The van der Waals surface area contributed by atoms with Crippen molar-refractivity contribution in [2.24, 2.45) is 5.92 Å². The number of halogens is 2. The molecule has 5 heteroatoms. The van der Waals surface area contributed by atoms with Crippen LogP contribution < -0.4 is 10.2 Å². The van der Waals surface area contributed by atoms with E-state index in [1.807, 2.05) is 59.6 Å². The van der Waals surface area contributed by atoms with Crippen LogP contribution in [-0.4, -0.2) is 11.6 Å². The zero-order valence-electron chi connectivity index (χ0n) is 19.5. The van der Waals surface area contributed by atoms with Gasteiger partial charge >= 0.3 is 0 Å². The number of ether oxygens (including phenoxy) is 1. The molecule has 0 amide bonds. The molecular weight excluding hydrogens is 484 g/mol. The molecule has 32 heavy (non-hydrogen) atoms. The Morgan fingerprint density at radius 3 is 2.16 bits per heavy atom. The Hall–Kier alpha value is -1.91. The van der Waals surface area contributed by atoms with E-state index in [0.717, 1.165) is 52.0 Å². The summed E-state index contributed by atoms with van der Waals surface area (Å²) in [6.45, 7) is 11.4. The second-order valence-corrected chi connectivity index (χ2v) is 9.14. The highest BCUT2D eigenvalue weighted by atomic mass is 79.9. The molecule has 0 saturated carbocycles. The first-order chi connectivity index (χ1) is 15.5. The van der Waals surface area contributed by atoms with Gasteiger partial charge in [-0.15, -0.1) is 0 Å². The Labute approximate surface area is 207 Å². The van der Waals surface area contributed by atoms with Crippen molar-refractivity contribution >= 4 is 33.2 Å². The summed E-state index contributed by atoms with van der Waals surface area (Å²) in [6.07, 6.45) is 7.32. The van der Waals surface area contributed by atoms with Gasteiger partial charge in [0.15, 0.2) is 0 Å². The number of benzene rings is 2. The molecule has 2 aromatic rings. The molecule has 0 atom stereocenters.